The smallest absolute Gasteiger partial charge is 0.274 e. The van der Waals surface area contributed by atoms with Gasteiger partial charge in [-0.25, -0.2) is 9.97 Å². The number of hydrogen-bond acceptors (Lipinski definition) is 4. The van der Waals surface area contributed by atoms with Gasteiger partial charge in [-0.1, -0.05) is 18.2 Å². The van der Waals surface area contributed by atoms with Gasteiger partial charge in [-0.2, -0.15) is 0 Å². The quantitative estimate of drug-likeness (QED) is 0.743. The molecule has 0 bridgehead atoms. The topological polar surface area (TPSA) is 66.9 Å². The van der Waals surface area contributed by atoms with Crippen LogP contribution in [0.1, 0.15) is 27.2 Å². The molecule has 2 aromatic carbocycles. The highest BCUT2D eigenvalue weighted by Gasteiger charge is 2.09. The summed E-state index contributed by atoms with van der Waals surface area (Å²) in [6, 6.07) is 15.3. The van der Waals surface area contributed by atoms with Crippen molar-refractivity contribution in [2.24, 2.45) is 0 Å². The number of hydrogen-bond donors (Lipinski definition) is 2. The van der Waals surface area contributed by atoms with Crippen LogP contribution in [0.25, 0.3) is 0 Å². The number of rotatable bonds is 4. The maximum Gasteiger partial charge on any atom is 0.274 e. The fourth-order valence-electron chi connectivity index (χ4n) is 2.43. The van der Waals surface area contributed by atoms with Gasteiger partial charge in [0.15, 0.2) is 0 Å². The fraction of sp³-hybridized carbons (Fsp3) is 0.150. The predicted molar refractivity (Wildman–Crippen MR) is 100 cm³/mol. The van der Waals surface area contributed by atoms with E-state index in [4.69, 9.17) is 0 Å². The predicted octanol–water partition coefficient (Wildman–Crippen LogP) is 4.40. The zero-order valence-corrected chi connectivity index (χ0v) is 14.5. The summed E-state index contributed by atoms with van der Waals surface area (Å²) in [5.41, 5.74) is 5.47. The van der Waals surface area contributed by atoms with E-state index < -0.39 is 0 Å². The van der Waals surface area contributed by atoms with Gasteiger partial charge in [-0.05, 0) is 61.7 Å². The normalized spacial score (nSPS) is 10.4. The van der Waals surface area contributed by atoms with Crippen molar-refractivity contribution in [2.45, 2.75) is 20.8 Å². The highest BCUT2D eigenvalue weighted by molar-refractivity contribution is 6.03. The van der Waals surface area contributed by atoms with Crippen LogP contribution in [0, 0.1) is 20.8 Å². The molecule has 0 unspecified atom stereocenters. The molecule has 0 aliphatic rings. The minimum Gasteiger partial charge on any atom is -0.340 e. The third kappa shape index (κ3) is 4.20. The Morgan fingerprint density at radius 1 is 0.880 bits per heavy atom. The largest absolute Gasteiger partial charge is 0.340 e. The fourth-order valence-corrected chi connectivity index (χ4v) is 2.43. The highest BCUT2D eigenvalue weighted by atomic mass is 16.1. The molecule has 5 nitrogen and oxygen atoms in total. The molecule has 2 N–H and O–H groups in total. The Kier molecular flexibility index (Phi) is 4.75. The van der Waals surface area contributed by atoms with E-state index in [0.717, 1.165) is 16.9 Å². The van der Waals surface area contributed by atoms with Crippen LogP contribution in [0.5, 0.6) is 0 Å². The molecule has 1 amide bonds. The first-order chi connectivity index (χ1) is 12.0. The van der Waals surface area contributed by atoms with E-state index in [1.165, 1.54) is 17.5 Å². The molecule has 1 aromatic heterocycles. The molecule has 0 spiro atoms. The van der Waals surface area contributed by atoms with Crippen LogP contribution in [0.15, 0.2) is 54.9 Å². The third-order valence-electron chi connectivity index (χ3n) is 3.95. The molecule has 0 atom stereocenters. The number of aryl methyl sites for hydroxylation is 3. The molecule has 0 fully saturated rings. The number of nitrogens with zero attached hydrogens (tertiary/aromatic N) is 2. The Hall–Kier alpha value is -3.21. The third-order valence-corrected chi connectivity index (χ3v) is 3.95. The van der Waals surface area contributed by atoms with Gasteiger partial charge in [0.2, 0.25) is 0 Å². The minimum absolute atomic E-state index is 0.267. The van der Waals surface area contributed by atoms with E-state index >= 15 is 0 Å². The van der Waals surface area contributed by atoms with E-state index in [1.54, 1.807) is 6.07 Å². The molecule has 3 aromatic rings. The minimum atomic E-state index is -0.267. The Morgan fingerprint density at radius 3 is 2.48 bits per heavy atom. The summed E-state index contributed by atoms with van der Waals surface area (Å²) in [4.78, 5) is 20.7. The van der Waals surface area contributed by atoms with Crippen molar-refractivity contribution in [2.75, 3.05) is 10.6 Å². The summed E-state index contributed by atoms with van der Waals surface area (Å²) in [5, 5.41) is 6.06. The SMILES string of the molecule is Cc1cccc(NC(=O)c2cc(Nc3ccc(C)c(C)c3)ncn2)c1. The second-order valence-electron chi connectivity index (χ2n) is 6.04. The average Bonchev–Trinajstić information content (AvgIpc) is 2.58. The molecule has 5 heteroatoms. The Balaban J connectivity index is 1.76. The maximum absolute atomic E-state index is 12.4. The van der Waals surface area contributed by atoms with Crippen molar-refractivity contribution in [1.29, 1.82) is 0 Å². The van der Waals surface area contributed by atoms with Crippen LogP contribution in [0.2, 0.25) is 0 Å². The van der Waals surface area contributed by atoms with Crippen molar-refractivity contribution in [3.63, 3.8) is 0 Å². The summed E-state index contributed by atoms with van der Waals surface area (Å²) in [7, 11) is 0. The van der Waals surface area contributed by atoms with Crippen LogP contribution in [-0.2, 0) is 0 Å². The van der Waals surface area contributed by atoms with E-state index in [9.17, 15) is 4.79 Å². The number of anilines is 3. The lowest BCUT2D eigenvalue weighted by atomic mass is 10.1. The zero-order valence-electron chi connectivity index (χ0n) is 14.5. The van der Waals surface area contributed by atoms with Crippen molar-refractivity contribution >= 4 is 23.1 Å². The number of carbonyl (C=O) groups excluding carboxylic acids is 1. The summed E-state index contributed by atoms with van der Waals surface area (Å²) < 4.78 is 0. The molecule has 0 saturated carbocycles. The molecule has 0 aliphatic carbocycles. The van der Waals surface area contributed by atoms with E-state index in [-0.39, 0.29) is 5.91 Å². The molecular formula is C20H20N4O. The second-order valence-corrected chi connectivity index (χ2v) is 6.04. The first-order valence-corrected chi connectivity index (χ1v) is 8.05. The number of nitrogens with one attached hydrogen (secondary N) is 2. The van der Waals surface area contributed by atoms with E-state index in [1.807, 2.05) is 49.4 Å². The van der Waals surface area contributed by atoms with Crippen LogP contribution in [0.4, 0.5) is 17.2 Å². The monoisotopic (exact) mass is 332 g/mol. The molecular weight excluding hydrogens is 312 g/mol. The molecule has 0 radical (unpaired) electrons. The van der Waals surface area contributed by atoms with Crippen LogP contribution >= 0.6 is 0 Å². The summed E-state index contributed by atoms with van der Waals surface area (Å²) in [6.45, 7) is 6.10. The van der Waals surface area contributed by atoms with Gasteiger partial charge in [0.1, 0.15) is 17.8 Å². The van der Waals surface area contributed by atoms with Crippen molar-refractivity contribution < 1.29 is 4.79 Å². The van der Waals surface area contributed by atoms with Gasteiger partial charge in [0, 0.05) is 17.4 Å². The summed E-state index contributed by atoms with van der Waals surface area (Å²) >= 11 is 0. The Labute approximate surface area is 147 Å². The number of amides is 1. The van der Waals surface area contributed by atoms with Crippen LogP contribution in [-0.4, -0.2) is 15.9 Å². The number of carbonyl (C=O) groups is 1. The highest BCUT2D eigenvalue weighted by Crippen LogP contribution is 2.19. The lowest BCUT2D eigenvalue weighted by molar-refractivity contribution is 0.102. The molecule has 0 saturated heterocycles. The lowest BCUT2D eigenvalue weighted by Crippen LogP contribution is -2.14. The van der Waals surface area contributed by atoms with Crippen molar-refractivity contribution in [3.05, 3.63) is 77.2 Å². The molecule has 0 aliphatic heterocycles. The molecule has 1 heterocycles. The standard InChI is InChI=1S/C20H20N4O/c1-13-5-4-6-16(9-13)24-20(25)18-11-19(22-12-21-18)23-17-8-7-14(2)15(3)10-17/h4-12H,1-3H3,(H,24,25)(H,21,22,23). The molecule has 126 valence electrons. The summed E-state index contributed by atoms with van der Waals surface area (Å²) in [5.74, 6) is 0.309. The van der Waals surface area contributed by atoms with Crippen molar-refractivity contribution in [1.82, 2.24) is 9.97 Å². The van der Waals surface area contributed by atoms with Gasteiger partial charge in [-0.3, -0.25) is 4.79 Å². The average molecular weight is 332 g/mol. The number of aromatic nitrogens is 2. The van der Waals surface area contributed by atoms with Crippen molar-refractivity contribution in [3.8, 4) is 0 Å². The van der Waals surface area contributed by atoms with E-state index in [0.29, 0.717) is 11.5 Å². The Bertz CT molecular complexity index is 921. The first kappa shape index (κ1) is 16.6. The molecule has 3 rings (SSSR count). The van der Waals surface area contributed by atoms with Gasteiger partial charge in [-0.15, -0.1) is 0 Å². The van der Waals surface area contributed by atoms with Gasteiger partial charge >= 0.3 is 0 Å². The number of benzene rings is 2. The van der Waals surface area contributed by atoms with Crippen LogP contribution < -0.4 is 10.6 Å². The maximum atomic E-state index is 12.4. The van der Waals surface area contributed by atoms with Gasteiger partial charge in [0.25, 0.3) is 5.91 Å². The second kappa shape index (κ2) is 7.13. The summed E-state index contributed by atoms with van der Waals surface area (Å²) in [6.07, 6.45) is 1.38. The Morgan fingerprint density at radius 2 is 1.72 bits per heavy atom. The lowest BCUT2D eigenvalue weighted by Gasteiger charge is -2.09. The van der Waals surface area contributed by atoms with Crippen LogP contribution in [0.3, 0.4) is 0 Å². The zero-order chi connectivity index (χ0) is 17.8. The van der Waals surface area contributed by atoms with E-state index in [2.05, 4.69) is 34.4 Å². The molecule has 25 heavy (non-hydrogen) atoms. The van der Waals surface area contributed by atoms with Gasteiger partial charge < -0.3 is 10.6 Å². The first-order valence-electron chi connectivity index (χ1n) is 8.05. The van der Waals surface area contributed by atoms with Gasteiger partial charge in [0.05, 0.1) is 0 Å².